The summed E-state index contributed by atoms with van der Waals surface area (Å²) in [6.45, 7) is 4.07. The molecule has 2 aliphatic rings. The van der Waals surface area contributed by atoms with E-state index in [4.69, 9.17) is 5.73 Å². The molecule has 136 valence electrons. The largest absolute Gasteiger partial charge is 0.369 e. The molecule has 2 N–H and O–H groups in total. The molecule has 0 radical (unpaired) electrons. The predicted octanol–water partition coefficient (Wildman–Crippen LogP) is 2.38. The van der Waals surface area contributed by atoms with Gasteiger partial charge in [-0.2, -0.15) is 0 Å². The van der Waals surface area contributed by atoms with E-state index in [9.17, 15) is 9.59 Å². The molecule has 3 rings (SSSR count). The second-order valence-corrected chi connectivity index (χ2v) is 8.12. The second kappa shape index (κ2) is 8.32. The first-order valence-corrected chi connectivity index (χ1v) is 9.87. The summed E-state index contributed by atoms with van der Waals surface area (Å²) in [6, 6.07) is 8.35. The van der Waals surface area contributed by atoms with Gasteiger partial charge in [0, 0.05) is 36.6 Å². The first-order valence-electron chi connectivity index (χ1n) is 9.08. The monoisotopic (exact) mass is 407 g/mol. The Bertz CT molecular complexity index is 629. The molecule has 0 bridgehead atoms. The van der Waals surface area contributed by atoms with Crippen LogP contribution < -0.4 is 5.73 Å². The van der Waals surface area contributed by atoms with Crippen LogP contribution in [0.3, 0.4) is 0 Å². The Balaban J connectivity index is 1.54. The van der Waals surface area contributed by atoms with E-state index in [2.05, 4.69) is 39.0 Å². The van der Waals surface area contributed by atoms with Crippen molar-refractivity contribution in [3.63, 3.8) is 0 Å². The van der Waals surface area contributed by atoms with Gasteiger partial charge in [0.1, 0.15) is 0 Å². The minimum absolute atomic E-state index is 0.0663. The molecule has 2 amide bonds. The third-order valence-electron chi connectivity index (χ3n) is 5.36. The summed E-state index contributed by atoms with van der Waals surface area (Å²) >= 11 is 3.52. The highest BCUT2D eigenvalue weighted by Gasteiger charge is 2.32. The topological polar surface area (TPSA) is 66.6 Å². The summed E-state index contributed by atoms with van der Waals surface area (Å²) in [5.74, 6) is 0.0290. The number of nitrogens with two attached hydrogens (primary N) is 1. The number of rotatable bonds is 4. The Morgan fingerprint density at radius 1 is 1.12 bits per heavy atom. The molecule has 1 aromatic carbocycles. The van der Waals surface area contributed by atoms with E-state index in [0.29, 0.717) is 25.9 Å². The lowest BCUT2D eigenvalue weighted by Gasteiger charge is -2.37. The molecular weight excluding hydrogens is 382 g/mol. The number of hydrogen-bond acceptors (Lipinski definition) is 3. The summed E-state index contributed by atoms with van der Waals surface area (Å²) in [4.78, 5) is 28.5. The van der Waals surface area contributed by atoms with Gasteiger partial charge in [0.15, 0.2) is 0 Å². The number of hydrogen-bond donors (Lipinski definition) is 1. The van der Waals surface area contributed by atoms with Crippen molar-refractivity contribution in [2.75, 3.05) is 26.2 Å². The molecule has 2 fully saturated rings. The maximum Gasteiger partial charge on any atom is 0.226 e. The van der Waals surface area contributed by atoms with Crippen molar-refractivity contribution in [3.05, 3.63) is 34.3 Å². The number of amides is 2. The van der Waals surface area contributed by atoms with Crippen molar-refractivity contribution >= 4 is 27.7 Å². The number of likely N-dealkylation sites (tertiary alicyclic amines) is 2. The van der Waals surface area contributed by atoms with Crippen molar-refractivity contribution < 1.29 is 9.59 Å². The molecule has 5 nitrogen and oxygen atoms in total. The van der Waals surface area contributed by atoms with Crippen LogP contribution in [0.1, 0.15) is 31.2 Å². The van der Waals surface area contributed by atoms with Crippen molar-refractivity contribution in [1.29, 1.82) is 0 Å². The lowest BCUT2D eigenvalue weighted by atomic mass is 9.92. The zero-order valence-electron chi connectivity index (χ0n) is 14.5. The predicted molar refractivity (Wildman–Crippen MR) is 101 cm³/mol. The highest BCUT2D eigenvalue weighted by molar-refractivity contribution is 9.10. The fraction of sp³-hybridized carbons (Fsp3) is 0.579. The maximum absolute atomic E-state index is 12.9. The van der Waals surface area contributed by atoms with E-state index in [1.165, 1.54) is 5.56 Å². The van der Waals surface area contributed by atoms with Gasteiger partial charge in [-0.3, -0.25) is 14.5 Å². The van der Waals surface area contributed by atoms with Crippen LogP contribution in [0.2, 0.25) is 0 Å². The van der Waals surface area contributed by atoms with Crippen LogP contribution in [-0.4, -0.2) is 47.8 Å². The molecule has 2 saturated heterocycles. The third kappa shape index (κ3) is 4.82. The van der Waals surface area contributed by atoms with Crippen LogP contribution in [0.25, 0.3) is 0 Å². The number of nitrogens with zero attached hydrogens (tertiary/aromatic N) is 2. The van der Waals surface area contributed by atoms with E-state index in [0.717, 1.165) is 36.9 Å². The molecule has 0 spiro atoms. The van der Waals surface area contributed by atoms with Crippen LogP contribution in [0.4, 0.5) is 0 Å². The molecule has 0 aliphatic carbocycles. The fourth-order valence-electron chi connectivity index (χ4n) is 3.94. The quantitative estimate of drug-likeness (QED) is 0.832. The molecule has 1 unspecified atom stereocenters. The minimum atomic E-state index is -0.232. The van der Waals surface area contributed by atoms with Gasteiger partial charge in [-0.1, -0.05) is 28.1 Å². The number of carbonyl (C=O) groups excluding carboxylic acids is 2. The molecule has 25 heavy (non-hydrogen) atoms. The van der Waals surface area contributed by atoms with Crippen molar-refractivity contribution in [2.45, 2.75) is 32.2 Å². The Morgan fingerprint density at radius 3 is 2.56 bits per heavy atom. The summed E-state index contributed by atoms with van der Waals surface area (Å²) in [5, 5.41) is 0. The minimum Gasteiger partial charge on any atom is -0.369 e. The van der Waals surface area contributed by atoms with Crippen LogP contribution in [0, 0.1) is 11.8 Å². The normalized spacial score (nSPS) is 22.8. The zero-order valence-corrected chi connectivity index (χ0v) is 16.1. The van der Waals surface area contributed by atoms with E-state index in [-0.39, 0.29) is 23.7 Å². The van der Waals surface area contributed by atoms with Gasteiger partial charge in [-0.15, -0.1) is 0 Å². The zero-order chi connectivity index (χ0) is 17.8. The maximum atomic E-state index is 12.9. The lowest BCUT2D eigenvalue weighted by molar-refractivity contribution is -0.140. The number of halogens is 1. The molecular formula is C19H26BrN3O2. The fourth-order valence-corrected chi connectivity index (χ4v) is 4.38. The van der Waals surface area contributed by atoms with Gasteiger partial charge < -0.3 is 10.6 Å². The molecule has 1 aromatic rings. The van der Waals surface area contributed by atoms with E-state index in [1.54, 1.807) is 0 Å². The molecule has 2 aliphatic heterocycles. The number of carbonyl (C=O) groups is 2. The highest BCUT2D eigenvalue weighted by Crippen LogP contribution is 2.24. The summed E-state index contributed by atoms with van der Waals surface area (Å²) < 4.78 is 1.09. The Hall–Kier alpha value is -1.40. The van der Waals surface area contributed by atoms with Crippen molar-refractivity contribution in [1.82, 2.24) is 9.80 Å². The van der Waals surface area contributed by atoms with Gasteiger partial charge in [-0.05, 0) is 49.9 Å². The van der Waals surface area contributed by atoms with Gasteiger partial charge in [0.25, 0.3) is 0 Å². The standard InChI is InChI=1S/C19H26BrN3O2/c20-17-5-1-3-14(11-17)12-22-8-2-4-16(13-22)19(25)23-9-6-15(7-10-23)18(21)24/h1,3,5,11,15-16H,2,4,6-10,12-13H2,(H2,21,24). The van der Waals surface area contributed by atoms with Crippen LogP contribution in [0.5, 0.6) is 0 Å². The smallest absolute Gasteiger partial charge is 0.226 e. The van der Waals surface area contributed by atoms with E-state index < -0.39 is 0 Å². The third-order valence-corrected chi connectivity index (χ3v) is 5.85. The SMILES string of the molecule is NC(=O)C1CCN(C(=O)C2CCCN(Cc3cccc(Br)c3)C2)CC1. The average Bonchev–Trinajstić information content (AvgIpc) is 2.61. The van der Waals surface area contributed by atoms with Gasteiger partial charge >= 0.3 is 0 Å². The molecule has 6 heteroatoms. The molecule has 2 heterocycles. The van der Waals surface area contributed by atoms with Crippen LogP contribution in [0.15, 0.2) is 28.7 Å². The first-order chi connectivity index (χ1) is 12.0. The number of piperidine rings is 2. The van der Waals surface area contributed by atoms with Gasteiger partial charge in [-0.25, -0.2) is 0 Å². The number of benzene rings is 1. The van der Waals surface area contributed by atoms with Gasteiger partial charge in [0.05, 0.1) is 5.92 Å². The summed E-state index contributed by atoms with van der Waals surface area (Å²) in [5.41, 5.74) is 6.65. The Kier molecular flexibility index (Phi) is 6.12. The first kappa shape index (κ1) is 18.4. The average molecular weight is 408 g/mol. The highest BCUT2D eigenvalue weighted by atomic mass is 79.9. The van der Waals surface area contributed by atoms with E-state index in [1.807, 2.05) is 11.0 Å². The van der Waals surface area contributed by atoms with Crippen molar-refractivity contribution in [2.24, 2.45) is 17.6 Å². The lowest BCUT2D eigenvalue weighted by Crippen LogP contribution is -2.48. The second-order valence-electron chi connectivity index (χ2n) is 7.21. The summed E-state index contributed by atoms with van der Waals surface area (Å²) in [7, 11) is 0. The summed E-state index contributed by atoms with van der Waals surface area (Å²) in [6.07, 6.45) is 3.43. The van der Waals surface area contributed by atoms with Crippen molar-refractivity contribution in [3.8, 4) is 0 Å². The molecule has 0 saturated carbocycles. The molecule has 1 atom stereocenters. The molecule has 0 aromatic heterocycles. The van der Waals surface area contributed by atoms with Crippen LogP contribution >= 0.6 is 15.9 Å². The van der Waals surface area contributed by atoms with Gasteiger partial charge in [0.2, 0.25) is 11.8 Å². The van der Waals surface area contributed by atoms with Crippen LogP contribution in [-0.2, 0) is 16.1 Å². The van der Waals surface area contributed by atoms with E-state index >= 15 is 0 Å². The Morgan fingerprint density at radius 2 is 1.88 bits per heavy atom. The Labute approximate surface area is 157 Å². The number of primary amides is 1.